The van der Waals surface area contributed by atoms with Crippen molar-refractivity contribution in [2.24, 2.45) is 0 Å². The number of nitrogens with zero attached hydrogens (tertiary/aromatic N) is 3. The van der Waals surface area contributed by atoms with Gasteiger partial charge in [0.2, 0.25) is 0 Å². The van der Waals surface area contributed by atoms with Gasteiger partial charge >= 0.3 is 5.97 Å². The molecule has 0 fully saturated rings. The first-order valence-corrected chi connectivity index (χ1v) is 10.2. The van der Waals surface area contributed by atoms with E-state index in [4.69, 9.17) is 26.1 Å². The minimum absolute atomic E-state index is 0.209. The van der Waals surface area contributed by atoms with Gasteiger partial charge in [0.25, 0.3) is 11.6 Å². The summed E-state index contributed by atoms with van der Waals surface area (Å²) in [5.41, 5.74) is 2.13. The van der Waals surface area contributed by atoms with Crippen LogP contribution in [0.5, 0.6) is 0 Å². The lowest BCUT2D eigenvalue weighted by molar-refractivity contribution is -0.119. The highest BCUT2D eigenvalue weighted by Gasteiger charge is 2.21. The van der Waals surface area contributed by atoms with Gasteiger partial charge in [-0.05, 0) is 42.6 Å². The molecule has 0 bridgehead atoms. The molecule has 0 unspecified atom stereocenters. The molecule has 1 N–H and O–H groups in total. The number of aryl methyl sites for hydroxylation is 1. The number of anilines is 1. The molecule has 0 aliphatic heterocycles. The third kappa shape index (κ3) is 4.26. The smallest absolute Gasteiger partial charge is 0.339 e. The van der Waals surface area contributed by atoms with E-state index in [1.165, 1.54) is 29.5 Å². The van der Waals surface area contributed by atoms with E-state index in [1.54, 1.807) is 13.0 Å². The third-order valence-corrected chi connectivity index (χ3v) is 5.52. The number of aromatic nitrogens is 2. The number of fused-ring (bicyclic) bond motifs is 1. The van der Waals surface area contributed by atoms with Crippen molar-refractivity contribution in [3.8, 4) is 16.6 Å². The number of carbonyl (C=O) groups excluding carboxylic acids is 2. The summed E-state index contributed by atoms with van der Waals surface area (Å²) in [6.07, 6.45) is 0. The fourth-order valence-corrected chi connectivity index (χ4v) is 3.80. The molecule has 0 radical (unpaired) electrons. The van der Waals surface area contributed by atoms with Crippen LogP contribution in [0.1, 0.15) is 21.6 Å². The number of hydrogen-bond donors (Lipinski definition) is 1. The molecule has 4 rings (SSSR count). The highest BCUT2D eigenvalue weighted by molar-refractivity contribution is 7.13. The van der Waals surface area contributed by atoms with Crippen molar-refractivity contribution in [3.05, 3.63) is 63.6 Å². The molecule has 0 spiro atoms. The normalized spacial score (nSPS) is 10.6. The maximum atomic E-state index is 12.8. The van der Waals surface area contributed by atoms with Crippen molar-refractivity contribution in [2.45, 2.75) is 6.92 Å². The fraction of sp³-hybridized carbons (Fsp3) is 0.0952. The Morgan fingerprint density at radius 2 is 2.16 bits per heavy atom. The predicted molar refractivity (Wildman–Crippen MR) is 115 cm³/mol. The molecule has 4 aromatic rings. The number of esters is 1. The number of nitrogens with one attached hydrogen (secondary N) is 1. The monoisotopic (exact) mass is 452 g/mol. The Bertz CT molecular complexity index is 1340. The lowest BCUT2D eigenvalue weighted by Crippen LogP contribution is -2.21. The van der Waals surface area contributed by atoms with Crippen molar-refractivity contribution in [1.82, 2.24) is 10.1 Å². The number of amides is 1. The number of benzene rings is 1. The molecule has 1 aromatic carbocycles. The van der Waals surface area contributed by atoms with Gasteiger partial charge in [0.1, 0.15) is 6.07 Å². The molecule has 3 heterocycles. The number of nitriles is 1. The number of halogens is 1. The minimum atomic E-state index is -0.704. The molecular weight excluding hydrogens is 440 g/mol. The van der Waals surface area contributed by atoms with Crippen molar-refractivity contribution in [3.63, 3.8) is 0 Å². The number of hydrogen-bond acceptors (Lipinski definition) is 8. The highest BCUT2D eigenvalue weighted by atomic mass is 35.5. The molecule has 0 saturated carbocycles. The van der Waals surface area contributed by atoms with Crippen LogP contribution in [0, 0.1) is 18.3 Å². The van der Waals surface area contributed by atoms with Crippen LogP contribution in [-0.2, 0) is 9.53 Å². The van der Waals surface area contributed by atoms with E-state index in [0.717, 1.165) is 4.88 Å². The SMILES string of the molecule is Cc1noc2nc(-c3cccs3)cc(C(=O)OCC(=O)Nc3ccc(C#N)c(Cl)c3)c12. The summed E-state index contributed by atoms with van der Waals surface area (Å²) < 4.78 is 10.4. The zero-order chi connectivity index (χ0) is 22.0. The van der Waals surface area contributed by atoms with Gasteiger partial charge in [-0.25, -0.2) is 9.78 Å². The minimum Gasteiger partial charge on any atom is -0.452 e. The number of pyridine rings is 1. The summed E-state index contributed by atoms with van der Waals surface area (Å²) >= 11 is 7.42. The van der Waals surface area contributed by atoms with Gasteiger partial charge in [-0.1, -0.05) is 22.8 Å². The maximum Gasteiger partial charge on any atom is 0.339 e. The molecule has 0 saturated heterocycles. The Hall–Kier alpha value is -3.74. The van der Waals surface area contributed by atoms with Crippen LogP contribution in [0.2, 0.25) is 5.02 Å². The lowest BCUT2D eigenvalue weighted by atomic mass is 10.1. The highest BCUT2D eigenvalue weighted by Crippen LogP contribution is 2.29. The van der Waals surface area contributed by atoms with Crippen LogP contribution in [0.3, 0.4) is 0 Å². The zero-order valence-electron chi connectivity index (χ0n) is 16.0. The number of thiophene rings is 1. The Balaban J connectivity index is 1.52. The second kappa shape index (κ2) is 8.55. The molecule has 8 nitrogen and oxygen atoms in total. The van der Waals surface area contributed by atoms with E-state index < -0.39 is 18.5 Å². The van der Waals surface area contributed by atoms with Crippen LogP contribution >= 0.6 is 22.9 Å². The topological polar surface area (TPSA) is 118 Å². The number of rotatable bonds is 5. The molecule has 0 aliphatic rings. The molecule has 3 aromatic heterocycles. The molecule has 1 amide bonds. The second-order valence-electron chi connectivity index (χ2n) is 6.41. The maximum absolute atomic E-state index is 12.8. The first kappa shape index (κ1) is 20.5. The summed E-state index contributed by atoms with van der Waals surface area (Å²) in [6.45, 7) is 1.18. The van der Waals surface area contributed by atoms with Crippen molar-refractivity contribution < 1.29 is 18.8 Å². The van der Waals surface area contributed by atoms with Crippen LogP contribution in [0.15, 0.2) is 46.3 Å². The molecule has 31 heavy (non-hydrogen) atoms. The first-order valence-electron chi connectivity index (χ1n) is 8.94. The van der Waals surface area contributed by atoms with Gasteiger partial charge in [-0.15, -0.1) is 11.3 Å². The summed E-state index contributed by atoms with van der Waals surface area (Å²) in [6, 6.07) is 11.7. The lowest BCUT2D eigenvalue weighted by Gasteiger charge is -2.08. The molecule has 154 valence electrons. The zero-order valence-corrected chi connectivity index (χ0v) is 17.6. The molecule has 0 aliphatic carbocycles. The standard InChI is InChI=1S/C21H13ClN4O4S/c1-11-19-14(8-16(17-3-2-6-31-17)25-20(19)30-26-11)21(28)29-10-18(27)24-13-5-4-12(9-23)15(22)7-13/h2-8H,10H2,1H3,(H,24,27). The van der Waals surface area contributed by atoms with E-state index in [9.17, 15) is 9.59 Å². The Morgan fingerprint density at radius 1 is 1.32 bits per heavy atom. The van der Waals surface area contributed by atoms with E-state index in [0.29, 0.717) is 28.0 Å². The van der Waals surface area contributed by atoms with Gasteiger partial charge in [-0.2, -0.15) is 5.26 Å². The van der Waals surface area contributed by atoms with Crippen molar-refractivity contribution in [2.75, 3.05) is 11.9 Å². The molecule has 10 heteroatoms. The summed E-state index contributed by atoms with van der Waals surface area (Å²) in [5.74, 6) is -1.26. The van der Waals surface area contributed by atoms with Gasteiger partial charge in [-0.3, -0.25) is 4.79 Å². The van der Waals surface area contributed by atoms with Crippen LogP contribution < -0.4 is 5.32 Å². The van der Waals surface area contributed by atoms with Gasteiger partial charge < -0.3 is 14.6 Å². The second-order valence-corrected chi connectivity index (χ2v) is 7.77. The summed E-state index contributed by atoms with van der Waals surface area (Å²) in [7, 11) is 0. The average molecular weight is 453 g/mol. The van der Waals surface area contributed by atoms with E-state index in [2.05, 4.69) is 15.5 Å². The molecule has 0 atom stereocenters. The third-order valence-electron chi connectivity index (χ3n) is 4.32. The van der Waals surface area contributed by atoms with Gasteiger partial charge in [0.05, 0.1) is 37.8 Å². The van der Waals surface area contributed by atoms with Crippen molar-refractivity contribution in [1.29, 1.82) is 5.26 Å². The van der Waals surface area contributed by atoms with E-state index >= 15 is 0 Å². The fourth-order valence-electron chi connectivity index (χ4n) is 2.90. The van der Waals surface area contributed by atoms with Crippen LogP contribution in [0.25, 0.3) is 21.7 Å². The number of ether oxygens (including phenoxy) is 1. The quantitative estimate of drug-likeness (QED) is 0.440. The Kier molecular flexibility index (Phi) is 5.66. The van der Waals surface area contributed by atoms with Crippen molar-refractivity contribution >= 4 is 51.6 Å². The summed E-state index contributed by atoms with van der Waals surface area (Å²) in [5, 5.41) is 17.9. The summed E-state index contributed by atoms with van der Waals surface area (Å²) in [4.78, 5) is 30.2. The molecular formula is C21H13ClN4O4S. The van der Waals surface area contributed by atoms with Gasteiger partial charge in [0, 0.05) is 5.69 Å². The first-order chi connectivity index (χ1) is 15.0. The average Bonchev–Trinajstić information content (AvgIpc) is 3.42. The Morgan fingerprint density at radius 3 is 2.87 bits per heavy atom. The number of carbonyl (C=O) groups is 2. The van der Waals surface area contributed by atoms with E-state index in [1.807, 2.05) is 23.6 Å². The van der Waals surface area contributed by atoms with Crippen LogP contribution in [0.4, 0.5) is 5.69 Å². The predicted octanol–water partition coefficient (Wildman–Crippen LogP) is 4.58. The van der Waals surface area contributed by atoms with E-state index in [-0.39, 0.29) is 16.3 Å². The van der Waals surface area contributed by atoms with Gasteiger partial charge in [0.15, 0.2) is 6.61 Å². The Labute approximate surface area is 185 Å². The van der Waals surface area contributed by atoms with Crippen LogP contribution in [-0.4, -0.2) is 28.6 Å². The largest absolute Gasteiger partial charge is 0.452 e.